The molecular weight excluding hydrogens is 228 g/mol. The van der Waals surface area contributed by atoms with Crippen molar-refractivity contribution >= 4 is 0 Å². The smallest absolute Gasteiger partial charge is 0.130 e. The van der Waals surface area contributed by atoms with Gasteiger partial charge in [0, 0.05) is 6.07 Å². The van der Waals surface area contributed by atoms with Gasteiger partial charge in [0.1, 0.15) is 11.5 Å². The Bertz CT molecular complexity index is 406. The number of hydrogen-bond donors (Lipinski definition) is 1. The van der Waals surface area contributed by atoms with Crippen LogP contribution in [-0.2, 0) is 0 Å². The van der Waals surface area contributed by atoms with E-state index in [1.807, 2.05) is 31.2 Å². The molecule has 0 spiro atoms. The lowest BCUT2D eigenvalue weighted by atomic mass is 9.95. The van der Waals surface area contributed by atoms with Gasteiger partial charge >= 0.3 is 0 Å². The maximum absolute atomic E-state index is 9.45. The van der Waals surface area contributed by atoms with E-state index in [4.69, 9.17) is 9.47 Å². The zero-order valence-corrected chi connectivity index (χ0v) is 10.8. The second-order valence-electron chi connectivity index (χ2n) is 4.83. The summed E-state index contributed by atoms with van der Waals surface area (Å²) < 4.78 is 11.4. The highest BCUT2D eigenvalue weighted by atomic mass is 16.5. The summed E-state index contributed by atoms with van der Waals surface area (Å²) in [6.07, 6.45) is 3.52. The summed E-state index contributed by atoms with van der Waals surface area (Å²) in [6.45, 7) is 5.53. The molecule has 0 radical (unpaired) electrons. The average Bonchev–Trinajstić information content (AvgIpc) is 2.32. The lowest BCUT2D eigenvalue weighted by Crippen LogP contribution is -2.26. The van der Waals surface area contributed by atoms with E-state index < -0.39 is 0 Å². The van der Waals surface area contributed by atoms with E-state index in [2.05, 4.69) is 6.58 Å². The Hall–Kier alpha value is -1.48. The van der Waals surface area contributed by atoms with E-state index in [0.29, 0.717) is 5.76 Å². The summed E-state index contributed by atoms with van der Waals surface area (Å²) in [5.41, 5.74) is 0. The molecular formula is C15H20O3. The molecule has 3 nitrogen and oxygen atoms in total. The summed E-state index contributed by atoms with van der Waals surface area (Å²) in [6, 6.07) is 7.59. The number of allylic oxidation sites excluding steroid dienone is 1. The number of rotatable bonds is 4. The molecule has 0 heterocycles. The van der Waals surface area contributed by atoms with Gasteiger partial charge in [-0.2, -0.15) is 0 Å². The lowest BCUT2D eigenvalue weighted by molar-refractivity contribution is 0.0665. The molecule has 1 N–H and O–H groups in total. The molecule has 3 heteroatoms. The standard InChI is InChI=1S/C15H20O3/c1-11(2)17-14-4-3-5-15(10-14)18-13-8-6-12(16)7-9-13/h3-5,10,12-13,16H,1,6-9H2,2H3. The molecule has 0 saturated heterocycles. The molecule has 98 valence electrons. The predicted molar refractivity (Wildman–Crippen MR) is 70.8 cm³/mol. The maximum Gasteiger partial charge on any atom is 0.130 e. The third-order valence-corrected chi connectivity index (χ3v) is 3.04. The first kappa shape index (κ1) is 13.0. The Balaban J connectivity index is 1.94. The van der Waals surface area contributed by atoms with Gasteiger partial charge in [-0.1, -0.05) is 12.6 Å². The van der Waals surface area contributed by atoms with Gasteiger partial charge in [0.05, 0.1) is 18.0 Å². The lowest BCUT2D eigenvalue weighted by Gasteiger charge is -2.26. The molecule has 1 aliphatic carbocycles. The highest BCUT2D eigenvalue weighted by Gasteiger charge is 2.20. The quantitative estimate of drug-likeness (QED) is 0.831. The minimum Gasteiger partial charge on any atom is -0.490 e. The molecule has 1 fully saturated rings. The van der Waals surface area contributed by atoms with Crippen LogP contribution < -0.4 is 9.47 Å². The van der Waals surface area contributed by atoms with Crippen molar-refractivity contribution < 1.29 is 14.6 Å². The number of aliphatic hydroxyl groups excluding tert-OH is 1. The number of ether oxygens (including phenoxy) is 2. The summed E-state index contributed by atoms with van der Waals surface area (Å²) in [5.74, 6) is 2.22. The predicted octanol–water partition coefficient (Wildman–Crippen LogP) is 3.28. The van der Waals surface area contributed by atoms with E-state index in [0.717, 1.165) is 37.2 Å². The molecule has 1 aliphatic rings. The number of aliphatic hydroxyl groups is 1. The Kier molecular flexibility index (Phi) is 4.26. The first-order valence-corrected chi connectivity index (χ1v) is 6.41. The molecule has 0 aliphatic heterocycles. The summed E-state index contributed by atoms with van der Waals surface area (Å²) >= 11 is 0. The molecule has 0 amide bonds. The second-order valence-corrected chi connectivity index (χ2v) is 4.83. The van der Waals surface area contributed by atoms with Crippen molar-refractivity contribution in [2.24, 2.45) is 0 Å². The zero-order valence-electron chi connectivity index (χ0n) is 10.8. The Morgan fingerprint density at radius 1 is 1.22 bits per heavy atom. The molecule has 18 heavy (non-hydrogen) atoms. The molecule has 1 aromatic rings. The third kappa shape index (κ3) is 3.77. The summed E-state index contributed by atoms with van der Waals surface area (Å²) in [7, 11) is 0. The van der Waals surface area contributed by atoms with Crippen LogP contribution in [0.4, 0.5) is 0 Å². The van der Waals surface area contributed by atoms with Crippen LogP contribution in [-0.4, -0.2) is 17.3 Å². The van der Waals surface area contributed by atoms with Gasteiger partial charge in [-0.15, -0.1) is 0 Å². The monoisotopic (exact) mass is 248 g/mol. The van der Waals surface area contributed by atoms with Crippen LogP contribution in [0.5, 0.6) is 11.5 Å². The largest absolute Gasteiger partial charge is 0.490 e. The minimum atomic E-state index is -0.150. The van der Waals surface area contributed by atoms with Crippen LogP contribution in [0.2, 0.25) is 0 Å². The van der Waals surface area contributed by atoms with Gasteiger partial charge < -0.3 is 14.6 Å². The maximum atomic E-state index is 9.45. The van der Waals surface area contributed by atoms with E-state index >= 15 is 0 Å². The first-order valence-electron chi connectivity index (χ1n) is 6.41. The fourth-order valence-corrected chi connectivity index (χ4v) is 2.17. The number of benzene rings is 1. The second kappa shape index (κ2) is 5.91. The van der Waals surface area contributed by atoms with Crippen molar-refractivity contribution in [3.05, 3.63) is 36.6 Å². The zero-order chi connectivity index (χ0) is 13.0. The van der Waals surface area contributed by atoms with Gasteiger partial charge in [-0.05, 0) is 44.7 Å². The molecule has 0 bridgehead atoms. The van der Waals surface area contributed by atoms with Gasteiger partial charge in [0.15, 0.2) is 0 Å². The molecule has 1 aromatic carbocycles. The molecule has 1 saturated carbocycles. The van der Waals surface area contributed by atoms with E-state index in [-0.39, 0.29) is 12.2 Å². The van der Waals surface area contributed by atoms with Crippen LogP contribution in [0.1, 0.15) is 32.6 Å². The highest BCUT2D eigenvalue weighted by Crippen LogP contribution is 2.26. The highest BCUT2D eigenvalue weighted by molar-refractivity contribution is 5.33. The van der Waals surface area contributed by atoms with Gasteiger partial charge in [0.25, 0.3) is 0 Å². The fraction of sp³-hybridized carbons (Fsp3) is 0.467. The van der Waals surface area contributed by atoms with Crippen molar-refractivity contribution in [2.75, 3.05) is 0 Å². The van der Waals surface area contributed by atoms with Crippen molar-refractivity contribution in [1.29, 1.82) is 0 Å². The van der Waals surface area contributed by atoms with Crippen LogP contribution in [0.15, 0.2) is 36.6 Å². The van der Waals surface area contributed by atoms with E-state index in [9.17, 15) is 5.11 Å². The fourth-order valence-electron chi connectivity index (χ4n) is 2.17. The molecule has 0 atom stereocenters. The van der Waals surface area contributed by atoms with Crippen molar-refractivity contribution in [1.82, 2.24) is 0 Å². The number of hydrogen-bond acceptors (Lipinski definition) is 3. The topological polar surface area (TPSA) is 38.7 Å². The minimum absolute atomic E-state index is 0.150. The summed E-state index contributed by atoms with van der Waals surface area (Å²) in [5, 5.41) is 9.45. The van der Waals surface area contributed by atoms with Crippen molar-refractivity contribution in [3.63, 3.8) is 0 Å². The Labute approximate surface area is 108 Å². The SMILES string of the molecule is C=C(C)Oc1cccc(OC2CCC(O)CC2)c1. The Morgan fingerprint density at radius 2 is 1.89 bits per heavy atom. The Morgan fingerprint density at radius 3 is 2.56 bits per heavy atom. The molecule has 0 unspecified atom stereocenters. The van der Waals surface area contributed by atoms with Gasteiger partial charge in [-0.25, -0.2) is 0 Å². The van der Waals surface area contributed by atoms with Crippen LogP contribution in [0.3, 0.4) is 0 Å². The normalized spacial score (nSPS) is 23.4. The van der Waals surface area contributed by atoms with E-state index in [1.54, 1.807) is 0 Å². The summed E-state index contributed by atoms with van der Waals surface area (Å²) in [4.78, 5) is 0. The average molecular weight is 248 g/mol. The van der Waals surface area contributed by atoms with Crippen molar-refractivity contribution in [2.45, 2.75) is 44.8 Å². The van der Waals surface area contributed by atoms with Crippen LogP contribution in [0.25, 0.3) is 0 Å². The third-order valence-electron chi connectivity index (χ3n) is 3.04. The van der Waals surface area contributed by atoms with Crippen LogP contribution >= 0.6 is 0 Å². The van der Waals surface area contributed by atoms with Gasteiger partial charge in [0.2, 0.25) is 0 Å². The van der Waals surface area contributed by atoms with Crippen molar-refractivity contribution in [3.8, 4) is 11.5 Å². The molecule has 2 rings (SSSR count). The molecule has 0 aromatic heterocycles. The van der Waals surface area contributed by atoms with Crippen LogP contribution in [0, 0.1) is 0 Å². The first-order chi connectivity index (χ1) is 8.63. The van der Waals surface area contributed by atoms with Gasteiger partial charge in [-0.3, -0.25) is 0 Å². The van der Waals surface area contributed by atoms with E-state index in [1.165, 1.54) is 0 Å².